The molecule has 4 aliphatic rings. The lowest BCUT2D eigenvalue weighted by Crippen LogP contribution is -2.64. The molecule has 0 amide bonds. The minimum Gasteiger partial charge on any atom is -0.458 e. The minimum atomic E-state index is -0.440. The van der Waals surface area contributed by atoms with Crippen molar-refractivity contribution in [1.29, 1.82) is 0 Å². The van der Waals surface area contributed by atoms with E-state index in [1.165, 1.54) is 13.3 Å². The smallest absolute Gasteiger partial charge is 0.303 e. The molecule has 194 valence electrons. The molecule has 2 aliphatic heterocycles. The number of esters is 1. The number of ether oxygens (including phenoxy) is 4. The molecule has 0 aromatic carbocycles. The van der Waals surface area contributed by atoms with Crippen LogP contribution in [0.2, 0.25) is 0 Å². The van der Waals surface area contributed by atoms with E-state index >= 15 is 0 Å². The number of hydrogen-bond acceptors (Lipinski definition) is 5. The third kappa shape index (κ3) is 4.48. The average Bonchev–Trinajstić information content (AvgIpc) is 2.72. The van der Waals surface area contributed by atoms with E-state index in [2.05, 4.69) is 41.2 Å². The van der Waals surface area contributed by atoms with Gasteiger partial charge in [-0.15, -0.1) is 18.2 Å². The molecule has 2 heterocycles. The summed E-state index contributed by atoms with van der Waals surface area (Å²) in [6.07, 6.45) is 8.06. The molecule has 2 saturated heterocycles. The Kier molecular flexibility index (Phi) is 7.03. The van der Waals surface area contributed by atoms with E-state index in [0.717, 1.165) is 32.1 Å². The van der Waals surface area contributed by atoms with Gasteiger partial charge in [0.15, 0.2) is 6.29 Å². The highest BCUT2D eigenvalue weighted by Crippen LogP contribution is 2.66. The quantitative estimate of drug-likeness (QED) is 0.195. The van der Waals surface area contributed by atoms with E-state index in [1.807, 2.05) is 13.0 Å². The van der Waals surface area contributed by atoms with Gasteiger partial charge in [-0.05, 0) is 82.0 Å². The summed E-state index contributed by atoms with van der Waals surface area (Å²) in [5.41, 5.74) is -0.0965. The first-order chi connectivity index (χ1) is 15.7. The first-order valence-electron chi connectivity index (χ1n) is 13.2. The van der Waals surface area contributed by atoms with Crippen molar-refractivity contribution in [3.63, 3.8) is 0 Å². The standard InChI is InChI=1S/C28H45ClO5/c1-9-26(6)13-10-21-27(7)14-12-22(25(4,5)20(27)11-15-28(21,8)34-26)33-23-16-19(29)24(17(2)31-23)32-18(3)30/h9,17,19-24H,1,10-16H2,2-8H3/t17-,19-,20?,21-,22+,23-,24-,26-,27+,28-/m0/s1. The Labute approximate surface area is 211 Å². The van der Waals surface area contributed by atoms with Gasteiger partial charge in [0.05, 0.1) is 28.8 Å². The van der Waals surface area contributed by atoms with Gasteiger partial charge in [0.2, 0.25) is 0 Å². The van der Waals surface area contributed by atoms with E-state index in [-0.39, 0.29) is 51.9 Å². The van der Waals surface area contributed by atoms with Gasteiger partial charge >= 0.3 is 5.97 Å². The van der Waals surface area contributed by atoms with Crippen LogP contribution in [0.3, 0.4) is 0 Å². The normalized spacial score (nSPS) is 50.5. The molecule has 1 unspecified atom stereocenters. The largest absolute Gasteiger partial charge is 0.458 e. The lowest BCUT2D eigenvalue weighted by Gasteiger charge is -2.66. The van der Waals surface area contributed by atoms with Gasteiger partial charge in [-0.1, -0.05) is 26.8 Å². The molecule has 4 fully saturated rings. The topological polar surface area (TPSA) is 54.0 Å². The summed E-state index contributed by atoms with van der Waals surface area (Å²) in [7, 11) is 0. The Morgan fingerprint density at radius 3 is 2.35 bits per heavy atom. The summed E-state index contributed by atoms with van der Waals surface area (Å²) in [4.78, 5) is 11.4. The van der Waals surface area contributed by atoms with Gasteiger partial charge in [-0.25, -0.2) is 0 Å². The fraction of sp³-hybridized carbons (Fsp3) is 0.893. The number of hydrogen-bond donors (Lipinski definition) is 0. The van der Waals surface area contributed by atoms with Gasteiger partial charge < -0.3 is 18.9 Å². The molecule has 0 bridgehead atoms. The van der Waals surface area contributed by atoms with Crippen LogP contribution in [0.4, 0.5) is 0 Å². The van der Waals surface area contributed by atoms with Crippen molar-refractivity contribution in [3.8, 4) is 0 Å². The van der Waals surface area contributed by atoms with Crippen LogP contribution in [0.25, 0.3) is 0 Å². The van der Waals surface area contributed by atoms with Gasteiger partial charge in [-0.3, -0.25) is 4.79 Å². The molecule has 6 heteroatoms. The molecule has 0 spiro atoms. The van der Waals surface area contributed by atoms with Crippen molar-refractivity contribution < 1.29 is 23.7 Å². The highest BCUT2D eigenvalue weighted by molar-refractivity contribution is 6.21. The maximum absolute atomic E-state index is 11.4. The minimum absolute atomic E-state index is 0.00859. The summed E-state index contributed by atoms with van der Waals surface area (Å²) < 4.78 is 25.0. The molecule has 0 radical (unpaired) electrons. The summed E-state index contributed by atoms with van der Waals surface area (Å²) in [6, 6.07) is 0. The third-order valence-corrected chi connectivity index (χ3v) is 10.4. The predicted octanol–water partition coefficient (Wildman–Crippen LogP) is 6.41. The van der Waals surface area contributed by atoms with E-state index in [9.17, 15) is 4.79 Å². The van der Waals surface area contributed by atoms with Crippen molar-refractivity contribution in [3.05, 3.63) is 12.7 Å². The molecule has 2 saturated carbocycles. The fourth-order valence-corrected chi connectivity index (χ4v) is 8.66. The molecule has 34 heavy (non-hydrogen) atoms. The molecule has 2 aliphatic carbocycles. The second-order valence-corrected chi connectivity index (χ2v) is 13.3. The Bertz CT molecular complexity index is 788. The van der Waals surface area contributed by atoms with Crippen LogP contribution in [0.5, 0.6) is 0 Å². The highest BCUT2D eigenvalue weighted by Gasteiger charge is 2.63. The number of alkyl halides is 1. The van der Waals surface area contributed by atoms with Crippen LogP contribution in [0.1, 0.15) is 93.4 Å². The fourth-order valence-electron chi connectivity index (χ4n) is 8.26. The Morgan fingerprint density at radius 1 is 1.06 bits per heavy atom. The summed E-state index contributed by atoms with van der Waals surface area (Å²) in [5, 5.41) is -0.316. The number of fused-ring (bicyclic) bond motifs is 3. The van der Waals surface area contributed by atoms with Crippen LogP contribution in [-0.2, 0) is 23.7 Å². The van der Waals surface area contributed by atoms with E-state index in [4.69, 9.17) is 30.5 Å². The molecule has 0 N–H and O–H groups in total. The van der Waals surface area contributed by atoms with Crippen LogP contribution in [-0.4, -0.2) is 47.2 Å². The lowest BCUT2D eigenvalue weighted by atomic mass is 9.44. The second-order valence-electron chi connectivity index (χ2n) is 12.7. The Hall–Kier alpha value is -0.620. The molecule has 0 aromatic heterocycles. The lowest BCUT2D eigenvalue weighted by molar-refractivity contribution is -0.292. The summed E-state index contributed by atoms with van der Waals surface area (Å²) in [6.45, 7) is 19.2. The maximum atomic E-state index is 11.4. The third-order valence-electron chi connectivity index (χ3n) is 9.98. The number of rotatable bonds is 4. The predicted molar refractivity (Wildman–Crippen MR) is 134 cm³/mol. The van der Waals surface area contributed by atoms with Crippen molar-refractivity contribution in [1.82, 2.24) is 0 Å². The van der Waals surface area contributed by atoms with Gasteiger partial charge in [0.25, 0.3) is 0 Å². The van der Waals surface area contributed by atoms with Crippen molar-refractivity contribution in [2.75, 3.05) is 0 Å². The summed E-state index contributed by atoms with van der Waals surface area (Å²) >= 11 is 6.61. The number of halogens is 1. The summed E-state index contributed by atoms with van der Waals surface area (Å²) in [5.74, 6) is 0.757. The molecule has 5 nitrogen and oxygen atoms in total. The van der Waals surface area contributed by atoms with Crippen molar-refractivity contribution in [2.24, 2.45) is 22.7 Å². The maximum Gasteiger partial charge on any atom is 0.303 e. The van der Waals surface area contributed by atoms with Crippen LogP contribution in [0.15, 0.2) is 12.7 Å². The highest BCUT2D eigenvalue weighted by atomic mass is 35.5. The van der Waals surface area contributed by atoms with Crippen molar-refractivity contribution in [2.45, 2.75) is 135 Å². The van der Waals surface area contributed by atoms with Crippen molar-refractivity contribution >= 4 is 17.6 Å². The molecule has 10 atom stereocenters. The van der Waals surface area contributed by atoms with Crippen LogP contribution < -0.4 is 0 Å². The molecular weight excluding hydrogens is 452 g/mol. The van der Waals surface area contributed by atoms with Gasteiger partial charge in [0, 0.05) is 13.3 Å². The Morgan fingerprint density at radius 2 is 1.74 bits per heavy atom. The molecular formula is C28H45ClO5. The van der Waals surface area contributed by atoms with E-state index in [0.29, 0.717) is 18.3 Å². The first-order valence-corrected chi connectivity index (χ1v) is 13.6. The van der Waals surface area contributed by atoms with E-state index in [1.54, 1.807) is 0 Å². The number of carbonyl (C=O) groups is 1. The number of carbonyl (C=O) groups excluding carboxylic acids is 1. The SMILES string of the molecule is C=C[C@@]1(C)CC[C@@H]2[C@](C)(CCC3C(C)(C)[C@H](O[C@H]4C[C@H](Cl)[C@@H](OC(C)=O)[C@H](C)O4)CC[C@]32C)O1. The zero-order valence-electron chi connectivity index (χ0n) is 22.2. The van der Waals surface area contributed by atoms with Crippen LogP contribution >= 0.6 is 11.6 Å². The molecule has 4 rings (SSSR count). The zero-order valence-corrected chi connectivity index (χ0v) is 23.0. The zero-order chi connectivity index (χ0) is 25.1. The van der Waals surface area contributed by atoms with E-state index < -0.39 is 6.10 Å². The average molecular weight is 497 g/mol. The monoisotopic (exact) mass is 496 g/mol. The van der Waals surface area contributed by atoms with Gasteiger partial charge in [-0.2, -0.15) is 0 Å². The van der Waals surface area contributed by atoms with Gasteiger partial charge in [0.1, 0.15) is 6.10 Å². The molecule has 0 aromatic rings. The van der Waals surface area contributed by atoms with Crippen LogP contribution in [0, 0.1) is 22.7 Å². The first kappa shape index (κ1) is 26.4. The second kappa shape index (κ2) is 9.04. The Balaban J connectivity index is 1.47.